The molecule has 0 saturated carbocycles. The maximum absolute atomic E-state index is 13.0. The van der Waals surface area contributed by atoms with Crippen molar-refractivity contribution in [2.24, 2.45) is 0 Å². The number of alkyl halides is 3. The van der Waals surface area contributed by atoms with Crippen LogP contribution in [-0.2, 0) is 22.6 Å². The lowest BCUT2D eigenvalue weighted by Crippen LogP contribution is -2.23. The maximum atomic E-state index is 13.0. The molecule has 5 nitrogen and oxygen atoms in total. The van der Waals surface area contributed by atoms with Crippen LogP contribution < -0.4 is 5.56 Å². The van der Waals surface area contributed by atoms with E-state index in [1.54, 1.807) is 0 Å². The SMILES string of the molecule is CCS(=O)(=O)c1c(Cl)cc(Cl)cc1Cn1cnc2ccc(C(F)(F)F)cc2c1=O. The lowest BCUT2D eigenvalue weighted by Gasteiger charge is -2.14. The molecule has 0 spiro atoms. The number of sulfone groups is 1. The molecule has 2 aromatic carbocycles. The van der Waals surface area contributed by atoms with Crippen molar-refractivity contribution < 1.29 is 21.6 Å². The molecule has 1 aromatic heterocycles. The van der Waals surface area contributed by atoms with Crippen molar-refractivity contribution in [3.8, 4) is 0 Å². The zero-order valence-corrected chi connectivity index (χ0v) is 17.1. The summed E-state index contributed by atoms with van der Waals surface area (Å²) in [5, 5.41) is -0.188. The lowest BCUT2D eigenvalue weighted by molar-refractivity contribution is -0.137. The van der Waals surface area contributed by atoms with Gasteiger partial charge in [-0.25, -0.2) is 13.4 Å². The van der Waals surface area contributed by atoms with Crippen LogP contribution in [0, 0.1) is 0 Å². The van der Waals surface area contributed by atoms with Gasteiger partial charge in [0.1, 0.15) is 0 Å². The van der Waals surface area contributed by atoms with Crippen molar-refractivity contribution in [3.63, 3.8) is 0 Å². The molecule has 0 N–H and O–H groups in total. The summed E-state index contributed by atoms with van der Waals surface area (Å²) in [6.45, 7) is 1.15. The molecule has 0 unspecified atom stereocenters. The summed E-state index contributed by atoms with van der Waals surface area (Å²) in [5.41, 5.74) is -1.51. The maximum Gasteiger partial charge on any atom is 0.416 e. The fourth-order valence-electron chi connectivity index (χ4n) is 2.86. The molecule has 154 valence electrons. The van der Waals surface area contributed by atoms with Crippen LogP contribution in [0.1, 0.15) is 18.1 Å². The van der Waals surface area contributed by atoms with E-state index in [2.05, 4.69) is 4.98 Å². The molecule has 0 aliphatic rings. The van der Waals surface area contributed by atoms with E-state index in [0.717, 1.165) is 29.1 Å². The van der Waals surface area contributed by atoms with Gasteiger partial charge in [-0.05, 0) is 35.9 Å². The van der Waals surface area contributed by atoms with Crippen LogP contribution in [0.25, 0.3) is 10.9 Å². The van der Waals surface area contributed by atoms with Crippen LogP contribution in [0.5, 0.6) is 0 Å². The van der Waals surface area contributed by atoms with E-state index in [0.29, 0.717) is 0 Å². The van der Waals surface area contributed by atoms with Gasteiger partial charge in [0.15, 0.2) is 9.84 Å². The summed E-state index contributed by atoms with van der Waals surface area (Å²) in [6.07, 6.45) is -3.49. The Morgan fingerprint density at radius 3 is 2.45 bits per heavy atom. The second kappa shape index (κ2) is 7.62. The summed E-state index contributed by atoms with van der Waals surface area (Å²) in [4.78, 5) is 16.6. The topological polar surface area (TPSA) is 69.0 Å². The highest BCUT2D eigenvalue weighted by Crippen LogP contribution is 2.32. The number of nitrogens with zero attached hydrogens (tertiary/aromatic N) is 2. The first-order chi connectivity index (χ1) is 13.4. The van der Waals surface area contributed by atoms with Gasteiger partial charge in [0.25, 0.3) is 5.56 Å². The molecule has 0 amide bonds. The van der Waals surface area contributed by atoms with Gasteiger partial charge in [-0.1, -0.05) is 30.1 Å². The summed E-state index contributed by atoms with van der Waals surface area (Å²) < 4.78 is 64.8. The molecule has 29 heavy (non-hydrogen) atoms. The van der Waals surface area contributed by atoms with E-state index in [9.17, 15) is 26.4 Å². The zero-order valence-electron chi connectivity index (χ0n) is 14.8. The van der Waals surface area contributed by atoms with Crippen molar-refractivity contribution in [1.82, 2.24) is 9.55 Å². The summed E-state index contributed by atoms with van der Waals surface area (Å²) in [6, 6.07) is 5.27. The van der Waals surface area contributed by atoms with Gasteiger partial charge in [-0.3, -0.25) is 9.36 Å². The van der Waals surface area contributed by atoms with E-state index < -0.39 is 27.1 Å². The number of benzene rings is 2. The smallest absolute Gasteiger partial charge is 0.294 e. The molecule has 0 bridgehead atoms. The highest BCUT2D eigenvalue weighted by molar-refractivity contribution is 7.91. The highest BCUT2D eigenvalue weighted by Gasteiger charge is 2.31. The van der Waals surface area contributed by atoms with Gasteiger partial charge in [0, 0.05) is 5.02 Å². The molecule has 0 radical (unpaired) electrons. The van der Waals surface area contributed by atoms with Gasteiger partial charge in [0.2, 0.25) is 0 Å². The van der Waals surface area contributed by atoms with E-state index in [1.165, 1.54) is 19.1 Å². The van der Waals surface area contributed by atoms with E-state index in [1.807, 2.05) is 0 Å². The molecular weight excluding hydrogens is 452 g/mol. The fourth-order valence-corrected chi connectivity index (χ4v) is 4.91. The highest BCUT2D eigenvalue weighted by atomic mass is 35.5. The Morgan fingerprint density at radius 1 is 1.14 bits per heavy atom. The second-order valence-electron chi connectivity index (χ2n) is 6.19. The Hall–Kier alpha value is -2.10. The van der Waals surface area contributed by atoms with Crippen molar-refractivity contribution in [1.29, 1.82) is 0 Å². The third-order valence-electron chi connectivity index (χ3n) is 4.27. The summed E-state index contributed by atoms with van der Waals surface area (Å²) >= 11 is 12.1. The van der Waals surface area contributed by atoms with Crippen molar-refractivity contribution in [2.75, 3.05) is 5.75 Å². The Kier molecular flexibility index (Phi) is 5.68. The quantitative estimate of drug-likeness (QED) is 0.567. The molecule has 0 aliphatic heterocycles. The van der Waals surface area contributed by atoms with Crippen LogP contribution in [0.4, 0.5) is 13.2 Å². The predicted octanol–water partition coefficient (Wildman–Crippen LogP) is 4.56. The van der Waals surface area contributed by atoms with E-state index >= 15 is 0 Å². The minimum Gasteiger partial charge on any atom is -0.294 e. The minimum atomic E-state index is -4.62. The largest absolute Gasteiger partial charge is 0.416 e. The molecule has 0 atom stereocenters. The molecular formula is C18H13Cl2F3N2O3S. The second-order valence-corrected chi connectivity index (χ2v) is 9.25. The van der Waals surface area contributed by atoms with E-state index in [4.69, 9.17) is 23.2 Å². The van der Waals surface area contributed by atoms with Crippen molar-refractivity contribution in [2.45, 2.75) is 24.5 Å². The van der Waals surface area contributed by atoms with Crippen LogP contribution in [0.15, 0.2) is 46.3 Å². The Morgan fingerprint density at radius 2 is 1.83 bits per heavy atom. The number of rotatable bonds is 4. The summed E-state index contributed by atoms with van der Waals surface area (Å²) in [5.74, 6) is -0.235. The molecule has 1 heterocycles. The van der Waals surface area contributed by atoms with Gasteiger partial charge >= 0.3 is 6.18 Å². The standard InChI is InChI=1S/C18H13Cl2F3N2O3S/c1-2-29(27,28)16-10(5-12(19)7-14(16)20)8-25-9-24-15-4-3-11(18(21,22)23)6-13(15)17(25)26/h3-7,9H,2,8H2,1H3. The van der Waals surface area contributed by atoms with Gasteiger partial charge in [0.05, 0.1) is 45.0 Å². The van der Waals surface area contributed by atoms with Gasteiger partial charge in [-0.15, -0.1) is 0 Å². The first-order valence-electron chi connectivity index (χ1n) is 8.21. The zero-order chi connectivity index (χ0) is 21.6. The first kappa shape index (κ1) is 21.6. The predicted molar refractivity (Wildman–Crippen MR) is 104 cm³/mol. The molecule has 3 aromatic rings. The van der Waals surface area contributed by atoms with Crippen LogP contribution in [-0.4, -0.2) is 23.7 Å². The van der Waals surface area contributed by atoms with Crippen LogP contribution in [0.3, 0.4) is 0 Å². The normalized spacial score (nSPS) is 12.5. The molecule has 11 heteroatoms. The van der Waals surface area contributed by atoms with Crippen molar-refractivity contribution >= 4 is 43.9 Å². The number of fused-ring (bicyclic) bond motifs is 1. The fraction of sp³-hybridized carbons (Fsp3) is 0.222. The first-order valence-corrected chi connectivity index (χ1v) is 10.6. The van der Waals surface area contributed by atoms with Crippen LogP contribution in [0.2, 0.25) is 10.0 Å². The van der Waals surface area contributed by atoms with Crippen LogP contribution >= 0.6 is 23.2 Å². The average Bonchev–Trinajstić information content (AvgIpc) is 2.62. The molecule has 0 fully saturated rings. The number of aromatic nitrogens is 2. The lowest BCUT2D eigenvalue weighted by atomic mass is 10.1. The number of hydrogen-bond donors (Lipinski definition) is 0. The monoisotopic (exact) mass is 464 g/mol. The van der Waals surface area contributed by atoms with Gasteiger partial charge in [-0.2, -0.15) is 13.2 Å². The Bertz CT molecular complexity index is 1270. The average molecular weight is 465 g/mol. The minimum absolute atomic E-state index is 0.0878. The Balaban J connectivity index is 2.19. The van der Waals surface area contributed by atoms with Gasteiger partial charge < -0.3 is 0 Å². The molecule has 0 aliphatic carbocycles. The Labute approximate surface area is 173 Å². The molecule has 0 saturated heterocycles. The number of halogens is 5. The van der Waals surface area contributed by atoms with Crippen molar-refractivity contribution in [3.05, 3.63) is 68.2 Å². The van der Waals surface area contributed by atoms with E-state index in [-0.39, 0.29) is 43.7 Å². The molecule has 3 rings (SSSR count). The third kappa shape index (κ3) is 4.26. The third-order valence-corrected chi connectivity index (χ3v) is 6.76. The summed E-state index contributed by atoms with van der Waals surface area (Å²) in [7, 11) is -3.75. The number of hydrogen-bond acceptors (Lipinski definition) is 4.